The van der Waals surface area contributed by atoms with Crippen molar-refractivity contribution >= 4 is 40.1 Å². The molecule has 0 radical (unpaired) electrons. The normalized spacial score (nSPS) is 19.7. The summed E-state index contributed by atoms with van der Waals surface area (Å²) in [5.74, 6) is -3.02. The Morgan fingerprint density at radius 2 is 1.27 bits per heavy atom. The second kappa shape index (κ2) is 12.6. The molecular weight excluding hydrogens is 675 g/mol. The average molecular weight is 703 g/mol. The lowest BCUT2D eigenvalue weighted by Gasteiger charge is -2.36. The first kappa shape index (κ1) is 31.8. The van der Waals surface area contributed by atoms with E-state index in [9.17, 15) is 23.2 Å². The molecule has 3 unspecified atom stereocenters. The molecule has 3 aliphatic rings. The summed E-state index contributed by atoms with van der Waals surface area (Å²) in [6.07, 6.45) is 1.82. The molecule has 0 amide bonds. The number of rotatable bonds is 5. The number of carbonyl (C=O) groups excluding carboxylic acids is 2. The maximum absolute atomic E-state index is 14.9. The number of Topliss-reactive ketones (excluding diaryl/α,β-unsaturated/α-hetero) is 2. The van der Waals surface area contributed by atoms with E-state index in [1.165, 1.54) is 35.6 Å². The minimum absolute atomic E-state index is 0.00352. The molecule has 0 bridgehead atoms. The number of ketones is 2. The third kappa shape index (κ3) is 5.17. The number of thiazole rings is 1. The van der Waals surface area contributed by atoms with Gasteiger partial charge in [-0.15, -0.1) is 0 Å². The Kier molecular flexibility index (Phi) is 7.70. The number of carbonyl (C=O) groups is 2. The molecule has 0 saturated carbocycles. The van der Waals surface area contributed by atoms with Gasteiger partial charge >= 0.3 is 0 Å². The first-order valence-corrected chi connectivity index (χ1v) is 17.8. The second-order valence-electron chi connectivity index (χ2n) is 13.1. The van der Waals surface area contributed by atoms with Crippen LogP contribution in [0.4, 0.5) is 8.78 Å². The molecule has 1 aromatic heterocycles. The largest absolute Gasteiger partial charge is 0.299 e. The molecule has 0 spiro atoms. The van der Waals surface area contributed by atoms with E-state index in [-0.39, 0.29) is 23.5 Å². The van der Waals surface area contributed by atoms with Gasteiger partial charge in [0.25, 0.3) is 5.56 Å². The van der Waals surface area contributed by atoms with Crippen LogP contribution < -0.4 is 14.9 Å². The van der Waals surface area contributed by atoms with E-state index < -0.39 is 29.5 Å². The van der Waals surface area contributed by atoms with Crippen molar-refractivity contribution in [2.45, 2.75) is 18.4 Å². The summed E-state index contributed by atoms with van der Waals surface area (Å²) in [5.41, 5.74) is 5.90. The Hall–Kier alpha value is -6.12. The molecule has 5 nitrogen and oxygen atoms in total. The van der Waals surface area contributed by atoms with Crippen LogP contribution in [0, 0.1) is 17.6 Å². The molecule has 9 rings (SSSR count). The van der Waals surface area contributed by atoms with Crippen molar-refractivity contribution in [1.82, 2.24) is 4.57 Å². The summed E-state index contributed by atoms with van der Waals surface area (Å²) >= 11 is 1.23. The van der Waals surface area contributed by atoms with Crippen molar-refractivity contribution in [3.63, 3.8) is 0 Å². The fourth-order valence-electron chi connectivity index (χ4n) is 7.92. The molecule has 0 fully saturated rings. The average Bonchev–Trinajstić information content (AvgIpc) is 3.63. The van der Waals surface area contributed by atoms with Crippen molar-refractivity contribution in [1.29, 1.82) is 0 Å². The van der Waals surface area contributed by atoms with Gasteiger partial charge in [0.1, 0.15) is 17.4 Å². The number of hydrogen-bond acceptors (Lipinski definition) is 5. The van der Waals surface area contributed by atoms with E-state index in [2.05, 4.69) is 0 Å². The van der Waals surface area contributed by atoms with Crippen molar-refractivity contribution in [3.05, 3.63) is 209 Å². The zero-order valence-corrected chi connectivity index (χ0v) is 28.3. The molecule has 0 saturated heterocycles. The van der Waals surface area contributed by atoms with Gasteiger partial charge in [-0.1, -0.05) is 121 Å². The highest BCUT2D eigenvalue weighted by atomic mass is 32.1. The van der Waals surface area contributed by atoms with Gasteiger partial charge in [0.2, 0.25) is 0 Å². The van der Waals surface area contributed by atoms with E-state index in [0.29, 0.717) is 48.4 Å². The summed E-state index contributed by atoms with van der Waals surface area (Å²) in [6, 6.07) is 37.4. The van der Waals surface area contributed by atoms with Gasteiger partial charge < -0.3 is 0 Å². The molecule has 5 aromatic carbocycles. The van der Waals surface area contributed by atoms with Crippen LogP contribution in [0.3, 0.4) is 0 Å². The number of benzene rings is 5. The highest BCUT2D eigenvalue weighted by Gasteiger charge is 2.48. The Labute approximate surface area is 300 Å². The quantitative estimate of drug-likeness (QED) is 0.185. The van der Waals surface area contributed by atoms with Crippen LogP contribution in [0.1, 0.15) is 56.6 Å². The molecule has 2 aliphatic carbocycles. The number of halogens is 2. The maximum Gasteiger partial charge on any atom is 0.271 e. The first-order valence-electron chi connectivity index (χ1n) is 16.9. The second-order valence-corrected chi connectivity index (χ2v) is 14.1. The van der Waals surface area contributed by atoms with Gasteiger partial charge in [0.15, 0.2) is 10.6 Å². The van der Waals surface area contributed by atoms with Crippen molar-refractivity contribution in [2.24, 2.45) is 10.9 Å². The fraction of sp³-hybridized carbons (Fsp3) is 0.0909. The van der Waals surface area contributed by atoms with Crippen molar-refractivity contribution < 1.29 is 18.4 Å². The Balaban J connectivity index is 1.37. The summed E-state index contributed by atoms with van der Waals surface area (Å²) in [6.45, 7) is 0. The molecule has 0 N–H and O–H groups in total. The molecule has 6 aromatic rings. The molecule has 1 aliphatic heterocycles. The van der Waals surface area contributed by atoms with Gasteiger partial charge in [0.05, 0.1) is 22.2 Å². The summed E-state index contributed by atoms with van der Waals surface area (Å²) in [4.78, 5) is 49.2. The number of hydrogen-bond donors (Lipinski definition) is 0. The van der Waals surface area contributed by atoms with Crippen LogP contribution in [-0.4, -0.2) is 16.1 Å². The van der Waals surface area contributed by atoms with Crippen molar-refractivity contribution in [3.8, 4) is 0 Å². The highest BCUT2D eigenvalue weighted by molar-refractivity contribution is 7.07. The highest BCUT2D eigenvalue weighted by Crippen LogP contribution is 2.53. The lowest BCUT2D eigenvalue weighted by molar-refractivity contribution is -0.121. The maximum atomic E-state index is 14.9. The van der Waals surface area contributed by atoms with Crippen LogP contribution in [0.2, 0.25) is 0 Å². The third-order valence-corrected chi connectivity index (χ3v) is 11.1. The number of aromatic nitrogens is 1. The van der Waals surface area contributed by atoms with Crippen LogP contribution >= 0.6 is 11.3 Å². The monoisotopic (exact) mass is 702 g/mol. The minimum atomic E-state index is -0.985. The van der Waals surface area contributed by atoms with Gasteiger partial charge in [0, 0.05) is 29.0 Å². The minimum Gasteiger partial charge on any atom is -0.299 e. The summed E-state index contributed by atoms with van der Waals surface area (Å²) in [7, 11) is 0. The predicted molar refractivity (Wildman–Crippen MR) is 197 cm³/mol. The number of nitrogens with zero attached hydrogens (tertiary/aromatic N) is 2. The van der Waals surface area contributed by atoms with Gasteiger partial charge in [-0.25, -0.2) is 13.8 Å². The van der Waals surface area contributed by atoms with Gasteiger partial charge in [-0.2, -0.15) is 0 Å². The lowest BCUT2D eigenvalue weighted by Crippen LogP contribution is -2.40. The smallest absolute Gasteiger partial charge is 0.271 e. The summed E-state index contributed by atoms with van der Waals surface area (Å²) in [5, 5.41) is 0. The Morgan fingerprint density at radius 1 is 0.654 bits per heavy atom. The fourth-order valence-corrected chi connectivity index (χ4v) is 8.92. The van der Waals surface area contributed by atoms with E-state index in [1.807, 2.05) is 78.9 Å². The zero-order chi connectivity index (χ0) is 35.5. The lowest BCUT2D eigenvalue weighted by atomic mass is 9.68. The van der Waals surface area contributed by atoms with Crippen LogP contribution in [0.15, 0.2) is 155 Å². The van der Waals surface area contributed by atoms with Crippen LogP contribution in [0.5, 0.6) is 0 Å². The predicted octanol–water partition coefficient (Wildman–Crippen LogP) is 7.67. The zero-order valence-electron chi connectivity index (χ0n) is 27.5. The van der Waals surface area contributed by atoms with Crippen LogP contribution in [0.25, 0.3) is 17.2 Å². The third-order valence-electron chi connectivity index (χ3n) is 10.2. The van der Waals surface area contributed by atoms with Gasteiger partial charge in [-0.3, -0.25) is 19.0 Å². The number of allylic oxidation sites excluding steroid dienone is 4. The Bertz CT molecular complexity index is 2680. The molecule has 8 heteroatoms. The number of fused-ring (bicyclic) bond motifs is 3. The van der Waals surface area contributed by atoms with Crippen molar-refractivity contribution in [2.75, 3.05) is 0 Å². The van der Waals surface area contributed by atoms with E-state index in [1.54, 1.807) is 41.0 Å². The molecule has 252 valence electrons. The molecule has 3 atom stereocenters. The summed E-state index contributed by atoms with van der Waals surface area (Å²) < 4.78 is 31.0. The van der Waals surface area contributed by atoms with E-state index in [0.717, 1.165) is 16.7 Å². The van der Waals surface area contributed by atoms with E-state index >= 15 is 0 Å². The Morgan fingerprint density at radius 3 is 1.96 bits per heavy atom. The standard InChI is InChI=1S/C44H28F2N2O3S/c45-29-19-15-26(16-20-29)36-38-33(31-13-7-8-14-32(31)42(38)50)24-34(49)39(36)40-37(27-17-21-30(46)22-18-27)41(28-11-5-2-6-12-28)48-43(51)35(52-44(48)47-40)23-25-9-3-1-4-10-25/h1-23,36,39,41H,24H2/b35-23-. The van der Waals surface area contributed by atoms with Crippen LogP contribution in [-0.2, 0) is 4.79 Å². The molecule has 2 heterocycles. The van der Waals surface area contributed by atoms with Gasteiger partial charge in [-0.05, 0) is 63.7 Å². The molecule has 52 heavy (non-hydrogen) atoms. The first-order chi connectivity index (χ1) is 25.4. The topological polar surface area (TPSA) is 68.5 Å². The van der Waals surface area contributed by atoms with E-state index in [4.69, 9.17) is 4.99 Å². The SMILES string of the molecule is O=C1C2=C(CC(=O)C(C3=C(c4ccc(F)cc4)C(c4ccccc4)n4c(s/c(=C\c5ccccc5)c4=O)=N3)C2c2ccc(F)cc2)c2ccccc21. The molecular formula is C44H28F2N2O3S.